The first-order valence-electron chi connectivity index (χ1n) is 26.7. The average Bonchev–Trinajstić information content (AvgIpc) is 4.14. The Morgan fingerprint density at radius 1 is 0.299 bits per heavy atom. The normalized spacial score (nSPS) is 14.6. The minimum atomic E-state index is 0.842. The van der Waals surface area contributed by atoms with E-state index in [-0.39, 0.29) is 0 Å². The minimum absolute atomic E-state index is 0.842. The topological polar surface area (TPSA) is 22.2 Å². The van der Waals surface area contributed by atoms with Crippen LogP contribution in [-0.2, 0) is 0 Å². The monoisotopic (exact) mass is 983 g/mol. The van der Waals surface area contributed by atoms with E-state index in [1.807, 2.05) is 0 Å². The van der Waals surface area contributed by atoms with Crippen LogP contribution in [0.1, 0.15) is 36.5 Å². The number of para-hydroxylation sites is 4. The zero-order valence-electron chi connectivity index (χ0n) is 42.8. The van der Waals surface area contributed by atoms with Crippen LogP contribution in [0.4, 0.5) is 0 Å². The lowest BCUT2D eigenvalue weighted by atomic mass is 9.87. The highest BCUT2D eigenvalue weighted by molar-refractivity contribution is 6.12. The molecule has 0 unspecified atom stereocenters. The number of aliphatic imine (C=N–C) groups is 1. The fourth-order valence-electron chi connectivity index (χ4n) is 11.9. The summed E-state index contributed by atoms with van der Waals surface area (Å²) in [4.78, 5) is 5.66. The molecular weight excluding hydrogens is 931 g/mol. The molecule has 3 nitrogen and oxygen atoms in total. The molecule has 364 valence electrons. The predicted molar refractivity (Wildman–Crippen MR) is 326 cm³/mol. The zero-order chi connectivity index (χ0) is 51.2. The van der Waals surface area contributed by atoms with Crippen molar-refractivity contribution >= 4 is 60.6 Å². The van der Waals surface area contributed by atoms with Crippen LogP contribution < -0.4 is 0 Å². The Kier molecular flexibility index (Phi) is 11.6. The predicted octanol–water partition coefficient (Wildman–Crippen LogP) is 19.6. The lowest BCUT2D eigenvalue weighted by molar-refractivity contribution is 1.01. The van der Waals surface area contributed by atoms with Crippen molar-refractivity contribution in [3.8, 4) is 55.9 Å². The van der Waals surface area contributed by atoms with E-state index in [0.717, 1.165) is 91.3 Å². The summed E-state index contributed by atoms with van der Waals surface area (Å²) in [6.07, 6.45) is 4.10. The third-order valence-electron chi connectivity index (χ3n) is 15.6. The van der Waals surface area contributed by atoms with Gasteiger partial charge in [0, 0.05) is 44.2 Å². The van der Waals surface area contributed by atoms with Gasteiger partial charge in [-0.1, -0.05) is 200 Å². The fourth-order valence-corrected chi connectivity index (χ4v) is 11.9. The largest absolute Gasteiger partial charge is 0.309 e. The van der Waals surface area contributed by atoms with Crippen molar-refractivity contribution in [1.82, 2.24) is 9.13 Å². The van der Waals surface area contributed by atoms with E-state index < -0.39 is 0 Å². The molecule has 0 bridgehead atoms. The van der Waals surface area contributed by atoms with Crippen LogP contribution in [0.5, 0.6) is 0 Å². The van der Waals surface area contributed by atoms with Gasteiger partial charge in [-0.3, -0.25) is 4.99 Å². The summed E-state index contributed by atoms with van der Waals surface area (Å²) in [5.74, 6) is 0. The van der Waals surface area contributed by atoms with E-state index in [1.54, 1.807) is 0 Å². The second-order valence-corrected chi connectivity index (χ2v) is 20.2. The van der Waals surface area contributed by atoms with Crippen molar-refractivity contribution in [3.05, 3.63) is 301 Å². The quantitative estimate of drug-likeness (QED) is 0.138. The molecule has 1 aliphatic rings. The van der Waals surface area contributed by atoms with Crippen LogP contribution in [-0.4, -0.2) is 14.8 Å². The molecule has 14 rings (SSSR count). The molecule has 77 heavy (non-hydrogen) atoms. The Morgan fingerprint density at radius 2 is 0.714 bits per heavy atom. The summed E-state index contributed by atoms with van der Waals surface area (Å²) in [5, 5.41) is 4.91. The van der Waals surface area contributed by atoms with Crippen LogP contribution in [0.25, 0.3) is 111 Å². The second kappa shape index (κ2) is 19.5. The SMILES string of the molecule is C/C1=C(c2ccccc2)\C=C(\c2ccccc2-c2ccccc2-c2cc(-c3ccc4c(c3)c3ccccc3n4-c3ccccc3)cc(-c3ccc4c(c3)c3ccccc3n4-c3ccccc3)c2)N=C(c2ccccc2)CC1. The molecule has 0 amide bonds. The molecule has 3 heterocycles. The van der Waals surface area contributed by atoms with Gasteiger partial charge in [-0.05, 0) is 166 Å². The maximum absolute atomic E-state index is 5.66. The summed E-state index contributed by atoms with van der Waals surface area (Å²) < 4.78 is 4.78. The molecular formula is C74H53N3. The molecule has 2 aromatic heterocycles. The number of hydrogen-bond donors (Lipinski definition) is 0. The summed E-state index contributed by atoms with van der Waals surface area (Å²) >= 11 is 0. The molecule has 0 fully saturated rings. The van der Waals surface area contributed by atoms with Gasteiger partial charge in [-0.2, -0.15) is 0 Å². The molecule has 0 saturated carbocycles. The molecule has 0 spiro atoms. The van der Waals surface area contributed by atoms with Crippen LogP contribution in [0, 0.1) is 0 Å². The van der Waals surface area contributed by atoms with Gasteiger partial charge in [0.05, 0.1) is 27.8 Å². The standard InChI is InChI=1S/C74H53N3/c1-50-38-41-69(52-24-8-3-9-25-52)75-70(49-66(50)51-22-6-2-7-23-51)63-33-17-16-32-62(63)61-31-15-14-30-60(61)57-45-55(53-39-42-73-67(47-53)64-34-18-20-36-71(64)76(73)58-26-10-4-11-27-58)44-56(46-57)54-40-43-74-68(48-54)65-35-19-21-37-72(65)77(74)59-28-12-5-13-29-59/h2-37,39-40,42-49H,38,41H2,1H3/b66-50-,70-49-,75-69?. The molecule has 13 aromatic rings. The highest BCUT2D eigenvalue weighted by Crippen LogP contribution is 2.44. The zero-order valence-corrected chi connectivity index (χ0v) is 42.8. The highest BCUT2D eigenvalue weighted by Gasteiger charge is 2.21. The number of benzene rings is 11. The van der Waals surface area contributed by atoms with Crippen molar-refractivity contribution in [3.63, 3.8) is 0 Å². The van der Waals surface area contributed by atoms with E-state index in [4.69, 9.17) is 4.99 Å². The first kappa shape index (κ1) is 45.8. The molecule has 1 aliphatic heterocycles. The van der Waals surface area contributed by atoms with E-state index in [2.05, 4.69) is 295 Å². The lowest BCUT2D eigenvalue weighted by Crippen LogP contribution is -2.05. The van der Waals surface area contributed by atoms with Gasteiger partial charge in [0.1, 0.15) is 0 Å². The van der Waals surface area contributed by atoms with E-state index in [1.165, 1.54) is 60.3 Å². The summed E-state index contributed by atoms with van der Waals surface area (Å²) in [7, 11) is 0. The molecule has 3 heteroatoms. The number of nitrogens with zero attached hydrogens (tertiary/aromatic N) is 3. The third kappa shape index (κ3) is 8.30. The van der Waals surface area contributed by atoms with Gasteiger partial charge in [0.25, 0.3) is 0 Å². The van der Waals surface area contributed by atoms with Gasteiger partial charge in [-0.15, -0.1) is 0 Å². The Hall–Kier alpha value is -9.83. The summed E-state index contributed by atoms with van der Waals surface area (Å²) in [5.41, 5.74) is 24.3. The molecule has 0 aliphatic carbocycles. The lowest BCUT2D eigenvalue weighted by Gasteiger charge is -2.20. The highest BCUT2D eigenvalue weighted by atomic mass is 15.0. The molecule has 0 atom stereocenters. The molecule has 0 N–H and O–H groups in total. The van der Waals surface area contributed by atoms with Gasteiger partial charge < -0.3 is 9.13 Å². The fraction of sp³-hybridized carbons (Fsp3) is 0.0405. The van der Waals surface area contributed by atoms with Crippen molar-refractivity contribution in [2.75, 3.05) is 0 Å². The Bertz CT molecular complexity index is 4300. The maximum atomic E-state index is 5.66. The van der Waals surface area contributed by atoms with Crippen LogP contribution in [0.15, 0.2) is 290 Å². The number of hydrogen-bond acceptors (Lipinski definition) is 1. The number of fused-ring (bicyclic) bond motifs is 6. The van der Waals surface area contributed by atoms with Crippen LogP contribution >= 0.6 is 0 Å². The third-order valence-corrected chi connectivity index (χ3v) is 15.6. The van der Waals surface area contributed by atoms with Crippen molar-refractivity contribution in [2.24, 2.45) is 4.99 Å². The maximum Gasteiger partial charge on any atom is 0.0717 e. The molecule has 0 saturated heterocycles. The van der Waals surface area contributed by atoms with Crippen LogP contribution in [0.3, 0.4) is 0 Å². The van der Waals surface area contributed by atoms with E-state index in [9.17, 15) is 0 Å². The van der Waals surface area contributed by atoms with Crippen molar-refractivity contribution in [1.29, 1.82) is 0 Å². The Balaban J connectivity index is 0.983. The van der Waals surface area contributed by atoms with Gasteiger partial charge in [-0.25, -0.2) is 0 Å². The smallest absolute Gasteiger partial charge is 0.0717 e. The van der Waals surface area contributed by atoms with Crippen molar-refractivity contribution < 1.29 is 0 Å². The van der Waals surface area contributed by atoms with E-state index >= 15 is 0 Å². The molecule has 11 aromatic carbocycles. The second-order valence-electron chi connectivity index (χ2n) is 20.2. The number of allylic oxidation sites excluding steroid dienone is 3. The number of rotatable bonds is 9. The van der Waals surface area contributed by atoms with Gasteiger partial charge in [0.15, 0.2) is 0 Å². The Morgan fingerprint density at radius 3 is 1.26 bits per heavy atom. The summed E-state index contributed by atoms with van der Waals surface area (Å²) in [6, 6.07) is 99.6. The molecule has 0 radical (unpaired) electrons. The Labute approximate surface area is 449 Å². The first-order valence-corrected chi connectivity index (χ1v) is 26.7. The van der Waals surface area contributed by atoms with E-state index in [0.29, 0.717) is 0 Å². The first-order chi connectivity index (χ1) is 38.1. The average molecular weight is 984 g/mol. The minimum Gasteiger partial charge on any atom is -0.309 e. The number of aromatic nitrogens is 2. The van der Waals surface area contributed by atoms with Gasteiger partial charge in [0.2, 0.25) is 0 Å². The van der Waals surface area contributed by atoms with Crippen LogP contribution in [0.2, 0.25) is 0 Å². The van der Waals surface area contributed by atoms with Gasteiger partial charge >= 0.3 is 0 Å². The van der Waals surface area contributed by atoms with Crippen molar-refractivity contribution in [2.45, 2.75) is 19.8 Å². The summed E-state index contributed by atoms with van der Waals surface area (Å²) in [6.45, 7) is 2.29.